The molecule has 0 fully saturated rings. The van der Waals surface area contributed by atoms with Crippen molar-refractivity contribution in [3.8, 4) is 16.9 Å². The molecule has 3 rings (SSSR count). The first-order chi connectivity index (χ1) is 9.28. The number of fused-ring (bicyclic) bond motifs is 1. The second kappa shape index (κ2) is 5.06. The van der Waals surface area contributed by atoms with Crippen molar-refractivity contribution >= 4 is 0 Å². The number of aryl methyl sites for hydroxylation is 1. The van der Waals surface area contributed by atoms with Gasteiger partial charge < -0.3 is 9.47 Å². The largest absolute Gasteiger partial charge is 0.464 e. The molecule has 1 aliphatic rings. The number of hydrogen-bond acceptors (Lipinski definition) is 2. The molecule has 0 amide bonds. The Morgan fingerprint density at radius 1 is 1.16 bits per heavy atom. The molecule has 2 nitrogen and oxygen atoms in total. The molecule has 0 saturated carbocycles. The molecule has 2 aromatic carbocycles. The lowest BCUT2D eigenvalue weighted by Crippen LogP contribution is -2.17. The van der Waals surface area contributed by atoms with Gasteiger partial charge >= 0.3 is 0 Å². The quantitative estimate of drug-likeness (QED) is 0.825. The Kier molecular flexibility index (Phi) is 3.26. The Labute approximate surface area is 114 Å². The van der Waals surface area contributed by atoms with Gasteiger partial charge in [0.05, 0.1) is 0 Å². The maximum Gasteiger partial charge on any atom is 0.204 e. The highest BCUT2D eigenvalue weighted by Crippen LogP contribution is 2.37. The van der Waals surface area contributed by atoms with Gasteiger partial charge in [0.25, 0.3) is 0 Å². The van der Waals surface area contributed by atoms with Gasteiger partial charge in [0.1, 0.15) is 5.75 Å². The lowest BCUT2D eigenvalue weighted by molar-refractivity contribution is -0.0602. The van der Waals surface area contributed by atoms with Gasteiger partial charge in [0, 0.05) is 18.6 Å². The second-order valence-corrected chi connectivity index (χ2v) is 4.86. The van der Waals surface area contributed by atoms with E-state index in [2.05, 4.69) is 37.3 Å². The average molecular weight is 254 g/mol. The highest BCUT2D eigenvalue weighted by atomic mass is 16.7. The summed E-state index contributed by atoms with van der Waals surface area (Å²) in [6.07, 6.45) is 0.694. The van der Waals surface area contributed by atoms with Crippen LogP contribution in [-0.4, -0.2) is 12.9 Å². The van der Waals surface area contributed by atoms with Crippen LogP contribution in [0.4, 0.5) is 0 Å². The second-order valence-electron chi connectivity index (χ2n) is 4.86. The Morgan fingerprint density at radius 2 is 1.95 bits per heavy atom. The minimum Gasteiger partial charge on any atom is -0.464 e. The number of rotatable bonds is 3. The zero-order chi connectivity index (χ0) is 13.2. The van der Waals surface area contributed by atoms with Crippen LogP contribution >= 0.6 is 0 Å². The molecule has 0 radical (unpaired) electrons. The molecule has 1 heterocycles. The van der Waals surface area contributed by atoms with Crippen LogP contribution < -0.4 is 4.74 Å². The normalized spacial score (nSPS) is 17.1. The Bertz CT molecular complexity index is 572. The summed E-state index contributed by atoms with van der Waals surface area (Å²) in [5.41, 5.74) is 5.02. The van der Waals surface area contributed by atoms with Crippen LogP contribution in [0.15, 0.2) is 42.5 Å². The van der Waals surface area contributed by atoms with Crippen molar-refractivity contribution in [2.45, 2.75) is 26.6 Å². The topological polar surface area (TPSA) is 18.5 Å². The summed E-state index contributed by atoms with van der Waals surface area (Å²) in [6, 6.07) is 14.8. The van der Waals surface area contributed by atoms with Crippen LogP contribution in [0.2, 0.25) is 0 Å². The van der Waals surface area contributed by atoms with Gasteiger partial charge in [0.2, 0.25) is 6.29 Å². The van der Waals surface area contributed by atoms with E-state index in [4.69, 9.17) is 9.47 Å². The molecular formula is C17H18O2. The van der Waals surface area contributed by atoms with Crippen LogP contribution in [0.25, 0.3) is 11.1 Å². The van der Waals surface area contributed by atoms with Crippen LogP contribution in [0.5, 0.6) is 5.75 Å². The van der Waals surface area contributed by atoms with E-state index in [-0.39, 0.29) is 6.29 Å². The van der Waals surface area contributed by atoms with Crippen molar-refractivity contribution < 1.29 is 9.47 Å². The number of benzene rings is 2. The molecule has 2 heteroatoms. The fourth-order valence-electron chi connectivity index (χ4n) is 2.52. The Morgan fingerprint density at radius 3 is 2.68 bits per heavy atom. The van der Waals surface area contributed by atoms with Crippen molar-refractivity contribution in [1.82, 2.24) is 0 Å². The first-order valence-corrected chi connectivity index (χ1v) is 6.75. The third-order valence-corrected chi connectivity index (χ3v) is 3.48. The first kappa shape index (κ1) is 12.2. The summed E-state index contributed by atoms with van der Waals surface area (Å²) in [7, 11) is 0. The van der Waals surface area contributed by atoms with E-state index in [1.54, 1.807) is 0 Å². The summed E-state index contributed by atoms with van der Waals surface area (Å²) < 4.78 is 11.4. The first-order valence-electron chi connectivity index (χ1n) is 6.75. The van der Waals surface area contributed by atoms with Gasteiger partial charge in [0.15, 0.2) is 0 Å². The molecule has 0 N–H and O–H groups in total. The molecule has 1 atom stereocenters. The summed E-state index contributed by atoms with van der Waals surface area (Å²) in [4.78, 5) is 0. The van der Waals surface area contributed by atoms with E-state index >= 15 is 0 Å². The zero-order valence-corrected chi connectivity index (χ0v) is 11.3. The van der Waals surface area contributed by atoms with Crippen LogP contribution in [0, 0.1) is 6.92 Å². The maximum absolute atomic E-state index is 5.81. The molecule has 0 spiro atoms. The van der Waals surface area contributed by atoms with Crippen LogP contribution in [-0.2, 0) is 11.2 Å². The lowest BCUT2D eigenvalue weighted by Gasteiger charge is -2.08. The molecular weight excluding hydrogens is 236 g/mol. The number of ether oxygens (including phenoxy) is 2. The Balaban J connectivity index is 1.97. The predicted octanol–water partition coefficient (Wildman–Crippen LogP) is 3.96. The summed E-state index contributed by atoms with van der Waals surface area (Å²) >= 11 is 0. The molecule has 1 unspecified atom stereocenters. The van der Waals surface area contributed by atoms with Crippen molar-refractivity contribution in [2.24, 2.45) is 0 Å². The molecule has 0 bridgehead atoms. The average Bonchev–Trinajstić information content (AvgIpc) is 2.82. The molecule has 19 heavy (non-hydrogen) atoms. The molecule has 0 saturated heterocycles. The van der Waals surface area contributed by atoms with Crippen molar-refractivity contribution in [3.63, 3.8) is 0 Å². The van der Waals surface area contributed by atoms with E-state index in [1.165, 1.54) is 22.3 Å². The summed E-state index contributed by atoms with van der Waals surface area (Å²) in [6.45, 7) is 4.78. The van der Waals surface area contributed by atoms with E-state index in [1.807, 2.05) is 19.1 Å². The van der Waals surface area contributed by atoms with Gasteiger partial charge in [-0.25, -0.2) is 0 Å². The minimum atomic E-state index is -0.133. The summed E-state index contributed by atoms with van der Waals surface area (Å²) in [5.74, 6) is 0.955. The van der Waals surface area contributed by atoms with E-state index in [0.29, 0.717) is 6.61 Å². The third kappa shape index (κ3) is 2.36. The molecule has 0 aliphatic carbocycles. The van der Waals surface area contributed by atoms with Crippen molar-refractivity contribution in [2.75, 3.05) is 6.61 Å². The van der Waals surface area contributed by atoms with Gasteiger partial charge in [-0.1, -0.05) is 42.0 Å². The zero-order valence-electron chi connectivity index (χ0n) is 11.3. The lowest BCUT2D eigenvalue weighted by atomic mass is 9.97. The van der Waals surface area contributed by atoms with Gasteiger partial charge in [-0.3, -0.25) is 0 Å². The van der Waals surface area contributed by atoms with Crippen LogP contribution in [0.1, 0.15) is 18.1 Å². The standard InChI is InChI=1S/C17H18O2/c1-3-18-17-11-15-14(5-4-6-16(15)19-17)13-9-7-12(2)8-10-13/h4-10,17H,3,11H2,1-2H3. The van der Waals surface area contributed by atoms with Gasteiger partial charge in [-0.05, 0) is 31.0 Å². The monoisotopic (exact) mass is 254 g/mol. The number of hydrogen-bond donors (Lipinski definition) is 0. The SMILES string of the molecule is CCOC1Cc2c(cccc2-c2ccc(C)cc2)O1. The van der Waals surface area contributed by atoms with E-state index < -0.39 is 0 Å². The highest BCUT2D eigenvalue weighted by molar-refractivity contribution is 5.71. The molecule has 0 aromatic heterocycles. The van der Waals surface area contributed by atoms with Gasteiger partial charge in [-0.15, -0.1) is 0 Å². The van der Waals surface area contributed by atoms with E-state index in [0.717, 1.165) is 12.2 Å². The molecule has 1 aliphatic heterocycles. The highest BCUT2D eigenvalue weighted by Gasteiger charge is 2.25. The molecule has 98 valence electrons. The smallest absolute Gasteiger partial charge is 0.204 e. The summed E-state index contributed by atoms with van der Waals surface area (Å²) in [5, 5.41) is 0. The van der Waals surface area contributed by atoms with Crippen molar-refractivity contribution in [1.29, 1.82) is 0 Å². The Hall–Kier alpha value is -1.80. The van der Waals surface area contributed by atoms with E-state index in [9.17, 15) is 0 Å². The minimum absolute atomic E-state index is 0.133. The van der Waals surface area contributed by atoms with Crippen LogP contribution in [0.3, 0.4) is 0 Å². The van der Waals surface area contributed by atoms with Crippen molar-refractivity contribution in [3.05, 3.63) is 53.6 Å². The third-order valence-electron chi connectivity index (χ3n) is 3.48. The predicted molar refractivity (Wildman–Crippen MR) is 76.4 cm³/mol. The fraction of sp³-hybridized carbons (Fsp3) is 0.294. The van der Waals surface area contributed by atoms with Gasteiger partial charge in [-0.2, -0.15) is 0 Å². The maximum atomic E-state index is 5.81. The fourth-order valence-corrected chi connectivity index (χ4v) is 2.52. The molecule has 2 aromatic rings.